The summed E-state index contributed by atoms with van der Waals surface area (Å²) in [5, 5.41) is 13.0. The number of nitrogens with one attached hydrogen (secondary N) is 1. The van der Waals surface area contributed by atoms with Gasteiger partial charge < -0.3 is 15.2 Å². The molecule has 1 fully saturated rings. The van der Waals surface area contributed by atoms with Gasteiger partial charge in [0.15, 0.2) is 0 Å². The summed E-state index contributed by atoms with van der Waals surface area (Å²) in [5.74, 6) is 0.242. The van der Waals surface area contributed by atoms with E-state index >= 15 is 0 Å². The van der Waals surface area contributed by atoms with Crippen LogP contribution in [0, 0.1) is 6.92 Å². The first-order chi connectivity index (χ1) is 20.4. The van der Waals surface area contributed by atoms with Crippen molar-refractivity contribution in [1.29, 1.82) is 0 Å². The molecule has 0 aromatic heterocycles. The van der Waals surface area contributed by atoms with Gasteiger partial charge in [-0.3, -0.25) is 9.69 Å². The van der Waals surface area contributed by atoms with E-state index in [-0.39, 0.29) is 5.91 Å². The maximum atomic E-state index is 13.2. The molecule has 0 aliphatic carbocycles. The smallest absolute Gasteiger partial charge is 0.326 e. The monoisotopic (exact) mass is 610 g/mol. The number of carbonyl (C=O) groups is 2. The normalized spacial score (nSPS) is 15.0. The molecule has 1 amide bonds. The van der Waals surface area contributed by atoms with Gasteiger partial charge in [0.05, 0.1) is 7.11 Å². The zero-order valence-corrected chi connectivity index (χ0v) is 27.4. The number of ether oxygens (including phenoxy) is 1. The first-order valence-electron chi connectivity index (χ1n) is 14.4. The largest absolute Gasteiger partial charge is 0.497 e. The number of aliphatic carboxylic acids is 1. The van der Waals surface area contributed by atoms with Crippen LogP contribution < -0.4 is 10.1 Å². The Kier molecular flexibility index (Phi) is 16.2. The summed E-state index contributed by atoms with van der Waals surface area (Å²) >= 11 is 3.49. The van der Waals surface area contributed by atoms with Crippen molar-refractivity contribution >= 4 is 35.4 Å². The standard InChI is InChI=1S/C25H32N2O3S2.C7H8O.C2H6/c1-17-6-4-5-7-20(17)22-14-18(15-27-12-10-19(16-27)32-3)8-9-21(22)24(28)26-23(25(29)30)11-13-31-2;1-8-7-5-3-2-4-6-7;1-2/h4-9,14,19,23H,10-13,15-16H2,1-3H3,(H,26,28)(H,29,30);2-6H,1H3;1-2H3. The second-order valence-corrected chi connectivity index (χ2v) is 11.9. The molecule has 1 aliphatic rings. The lowest BCUT2D eigenvalue weighted by Gasteiger charge is -2.19. The van der Waals surface area contributed by atoms with E-state index in [4.69, 9.17) is 4.74 Å². The van der Waals surface area contributed by atoms with Gasteiger partial charge in [-0.05, 0) is 91.1 Å². The fraction of sp³-hybridized carbons (Fsp3) is 0.412. The minimum absolute atomic E-state index is 0.341. The van der Waals surface area contributed by atoms with E-state index in [1.54, 1.807) is 18.9 Å². The molecule has 228 valence electrons. The van der Waals surface area contributed by atoms with Crippen LogP contribution in [0.25, 0.3) is 11.1 Å². The van der Waals surface area contributed by atoms with Gasteiger partial charge in [-0.25, -0.2) is 4.79 Å². The molecule has 2 atom stereocenters. The summed E-state index contributed by atoms with van der Waals surface area (Å²) < 4.78 is 4.91. The fourth-order valence-corrected chi connectivity index (χ4v) is 5.84. The first kappa shape index (κ1) is 35.3. The topological polar surface area (TPSA) is 78.9 Å². The number of thioether (sulfide) groups is 2. The Morgan fingerprint density at radius 3 is 2.29 bits per heavy atom. The number of carbonyl (C=O) groups excluding carboxylic acids is 1. The number of para-hydroxylation sites is 1. The second kappa shape index (κ2) is 19.3. The Bertz CT molecular complexity index is 1240. The highest BCUT2D eigenvalue weighted by atomic mass is 32.2. The van der Waals surface area contributed by atoms with Crippen molar-refractivity contribution in [3.05, 3.63) is 89.5 Å². The molecule has 2 N–H and O–H groups in total. The molecule has 6 nitrogen and oxygen atoms in total. The van der Waals surface area contributed by atoms with Crippen molar-refractivity contribution in [2.24, 2.45) is 0 Å². The van der Waals surface area contributed by atoms with Crippen LogP contribution in [0.15, 0.2) is 72.8 Å². The molecule has 0 radical (unpaired) electrons. The van der Waals surface area contributed by atoms with Crippen LogP contribution in [-0.2, 0) is 11.3 Å². The highest BCUT2D eigenvalue weighted by molar-refractivity contribution is 7.99. The average Bonchev–Trinajstić information content (AvgIpc) is 3.48. The molecule has 1 aliphatic heterocycles. The predicted octanol–water partition coefficient (Wildman–Crippen LogP) is 7.26. The van der Waals surface area contributed by atoms with Crippen molar-refractivity contribution < 1.29 is 19.4 Å². The van der Waals surface area contributed by atoms with Crippen molar-refractivity contribution in [3.8, 4) is 16.9 Å². The minimum Gasteiger partial charge on any atom is -0.497 e. The highest BCUT2D eigenvalue weighted by Crippen LogP contribution is 2.30. The van der Waals surface area contributed by atoms with E-state index in [9.17, 15) is 14.7 Å². The van der Waals surface area contributed by atoms with Gasteiger partial charge >= 0.3 is 5.97 Å². The second-order valence-electron chi connectivity index (χ2n) is 9.74. The molecule has 3 aromatic carbocycles. The Balaban J connectivity index is 0.000000525. The number of methoxy groups -OCH3 is 1. The van der Waals surface area contributed by atoms with Crippen LogP contribution in [0.3, 0.4) is 0 Å². The molecule has 1 heterocycles. The quantitative estimate of drug-likeness (QED) is 0.237. The van der Waals surface area contributed by atoms with Gasteiger partial charge in [0, 0.05) is 23.9 Å². The van der Waals surface area contributed by atoms with Gasteiger partial charge in [0.1, 0.15) is 11.8 Å². The molecule has 4 rings (SSSR count). The van der Waals surface area contributed by atoms with Gasteiger partial charge in [-0.2, -0.15) is 23.5 Å². The number of carboxylic acids is 1. The van der Waals surface area contributed by atoms with E-state index in [0.717, 1.165) is 42.1 Å². The van der Waals surface area contributed by atoms with E-state index in [2.05, 4.69) is 22.5 Å². The van der Waals surface area contributed by atoms with Crippen LogP contribution in [0.4, 0.5) is 0 Å². The van der Waals surface area contributed by atoms with E-state index in [1.165, 1.54) is 12.0 Å². The van der Waals surface area contributed by atoms with Crippen LogP contribution in [0.2, 0.25) is 0 Å². The molecule has 0 spiro atoms. The maximum absolute atomic E-state index is 13.2. The molecule has 42 heavy (non-hydrogen) atoms. The van der Waals surface area contributed by atoms with Gasteiger partial charge in [-0.15, -0.1) is 0 Å². The molecular weight excluding hydrogens is 565 g/mol. The van der Waals surface area contributed by atoms with E-state index in [1.807, 2.05) is 106 Å². The number of amides is 1. The third kappa shape index (κ3) is 11.0. The maximum Gasteiger partial charge on any atom is 0.326 e. The summed E-state index contributed by atoms with van der Waals surface area (Å²) in [7, 11) is 1.66. The van der Waals surface area contributed by atoms with Crippen molar-refractivity contribution in [1.82, 2.24) is 10.2 Å². The highest BCUT2D eigenvalue weighted by Gasteiger charge is 2.24. The summed E-state index contributed by atoms with van der Waals surface area (Å²) in [6, 6.07) is 22.7. The number of likely N-dealkylation sites (tertiary alicyclic amines) is 1. The average molecular weight is 611 g/mol. The summed E-state index contributed by atoms with van der Waals surface area (Å²) in [5.41, 5.74) is 4.62. The Morgan fingerprint density at radius 1 is 1.02 bits per heavy atom. The Morgan fingerprint density at radius 2 is 1.71 bits per heavy atom. The van der Waals surface area contributed by atoms with Crippen LogP contribution in [-0.4, -0.2) is 71.6 Å². The number of aryl methyl sites for hydroxylation is 1. The Labute approximate surface area is 260 Å². The zero-order chi connectivity index (χ0) is 30.9. The lowest BCUT2D eigenvalue weighted by atomic mass is 9.93. The minimum atomic E-state index is -1.00. The lowest BCUT2D eigenvalue weighted by molar-refractivity contribution is -0.139. The van der Waals surface area contributed by atoms with Gasteiger partial charge in [-0.1, -0.05) is 62.4 Å². The van der Waals surface area contributed by atoms with E-state index < -0.39 is 12.0 Å². The zero-order valence-electron chi connectivity index (χ0n) is 25.8. The lowest BCUT2D eigenvalue weighted by Crippen LogP contribution is -2.41. The van der Waals surface area contributed by atoms with Crippen molar-refractivity contribution in [2.75, 3.05) is 38.5 Å². The number of carboxylic acid groups (broad SMARTS) is 1. The molecule has 3 aromatic rings. The van der Waals surface area contributed by atoms with E-state index in [0.29, 0.717) is 23.0 Å². The number of benzene rings is 3. The SMILES string of the molecule is CC.COc1ccccc1.CSCCC(NC(=O)c1ccc(CN2CCC(SC)C2)cc1-c1ccccc1C)C(=O)O. The fourth-order valence-electron chi connectivity index (χ4n) is 4.66. The predicted molar refractivity (Wildman–Crippen MR) is 180 cm³/mol. The molecular formula is C34H46N2O4S2. The summed E-state index contributed by atoms with van der Waals surface area (Å²) in [6.07, 6.45) is 5.70. The molecule has 8 heteroatoms. The number of hydrogen-bond acceptors (Lipinski definition) is 6. The van der Waals surface area contributed by atoms with Crippen molar-refractivity contribution in [2.45, 2.75) is 51.4 Å². The molecule has 2 unspecified atom stereocenters. The third-order valence-corrected chi connectivity index (χ3v) is 8.62. The van der Waals surface area contributed by atoms with Crippen LogP contribution >= 0.6 is 23.5 Å². The summed E-state index contributed by atoms with van der Waals surface area (Å²) in [4.78, 5) is 27.3. The van der Waals surface area contributed by atoms with Gasteiger partial charge in [0.25, 0.3) is 5.91 Å². The number of rotatable bonds is 11. The van der Waals surface area contributed by atoms with Gasteiger partial charge in [0.2, 0.25) is 0 Å². The third-order valence-electron chi connectivity index (χ3n) is 6.93. The number of hydrogen-bond donors (Lipinski definition) is 2. The van der Waals surface area contributed by atoms with Crippen LogP contribution in [0.1, 0.15) is 48.2 Å². The van der Waals surface area contributed by atoms with Crippen LogP contribution in [0.5, 0.6) is 5.75 Å². The molecule has 0 bridgehead atoms. The molecule has 0 saturated carbocycles. The Hall–Kier alpha value is -2.94. The number of nitrogens with zero attached hydrogens (tertiary/aromatic N) is 1. The molecule has 1 saturated heterocycles. The summed E-state index contributed by atoms with van der Waals surface area (Å²) in [6.45, 7) is 9.05. The van der Waals surface area contributed by atoms with Crippen molar-refractivity contribution in [3.63, 3.8) is 0 Å². The first-order valence-corrected chi connectivity index (χ1v) is 17.1.